The van der Waals surface area contributed by atoms with Crippen LogP contribution in [0.15, 0.2) is 48.5 Å². The Bertz CT molecular complexity index is 644. The van der Waals surface area contributed by atoms with E-state index in [1.807, 2.05) is 0 Å². The van der Waals surface area contributed by atoms with Crippen LogP contribution in [0.3, 0.4) is 0 Å². The lowest BCUT2D eigenvalue weighted by atomic mass is 10.2. The lowest BCUT2D eigenvalue weighted by molar-refractivity contribution is 1.03. The Balaban J connectivity index is 2.53. The maximum atomic E-state index is 2.62. The van der Waals surface area contributed by atoms with Gasteiger partial charge in [-0.3, -0.25) is 0 Å². The second-order valence-corrected chi connectivity index (χ2v) is 12.6. The zero-order chi connectivity index (χ0) is 21.1. The highest BCUT2D eigenvalue weighted by Gasteiger charge is 2.21. The summed E-state index contributed by atoms with van der Waals surface area (Å²) < 4.78 is 0. The van der Waals surface area contributed by atoms with Gasteiger partial charge in [0.2, 0.25) is 0 Å². The van der Waals surface area contributed by atoms with Gasteiger partial charge < -0.3 is 4.90 Å². The van der Waals surface area contributed by atoms with Gasteiger partial charge in [0.15, 0.2) is 0 Å². The summed E-state index contributed by atoms with van der Waals surface area (Å²) in [7, 11) is -0.160. The van der Waals surface area contributed by atoms with Gasteiger partial charge >= 0.3 is 0 Å². The van der Waals surface area contributed by atoms with Gasteiger partial charge in [0.1, 0.15) is 0 Å². The fraction of sp³-hybridized carbons (Fsp3) is 0.538. The third-order valence-corrected chi connectivity index (χ3v) is 11.4. The molecule has 0 radical (unpaired) electrons. The second kappa shape index (κ2) is 13.4. The Hall–Kier alpha value is -0.900. The third kappa shape index (κ3) is 6.54. The van der Waals surface area contributed by atoms with Crippen molar-refractivity contribution in [3.05, 3.63) is 48.5 Å². The van der Waals surface area contributed by atoms with E-state index in [4.69, 9.17) is 0 Å². The maximum Gasteiger partial charge on any atom is 0.0488 e. The Kier molecular flexibility index (Phi) is 11.3. The molecule has 0 unspecified atom stereocenters. The summed E-state index contributed by atoms with van der Waals surface area (Å²) in [5, 5.41) is 3.22. The molecule has 0 fully saturated rings. The van der Waals surface area contributed by atoms with Gasteiger partial charge in [0, 0.05) is 17.9 Å². The molecule has 0 aliphatic rings. The highest BCUT2D eigenvalue weighted by atomic mass is 31.1. The van der Waals surface area contributed by atoms with Crippen LogP contribution >= 0.6 is 15.8 Å². The summed E-state index contributed by atoms with van der Waals surface area (Å²) in [4.78, 5) is 2.62. The van der Waals surface area contributed by atoms with Crippen molar-refractivity contribution in [3.63, 3.8) is 0 Å². The van der Waals surface area contributed by atoms with Crippen LogP contribution in [-0.4, -0.2) is 31.2 Å². The van der Waals surface area contributed by atoms with Crippen molar-refractivity contribution >= 4 is 37.8 Å². The van der Waals surface area contributed by atoms with E-state index in [2.05, 4.69) is 88.0 Å². The minimum atomic E-state index is -0.0800. The van der Waals surface area contributed by atoms with Gasteiger partial charge in [-0.1, -0.05) is 106 Å². The molecule has 0 spiro atoms. The average Bonchev–Trinajstić information content (AvgIpc) is 2.75. The molecule has 0 saturated heterocycles. The Morgan fingerprint density at radius 2 is 0.897 bits per heavy atom. The number of benzene rings is 2. The zero-order valence-corrected chi connectivity index (χ0v) is 21.1. The largest absolute Gasteiger partial charge is 0.341 e. The summed E-state index contributed by atoms with van der Waals surface area (Å²) in [6, 6.07) is 18.5. The smallest absolute Gasteiger partial charge is 0.0488 e. The lowest BCUT2D eigenvalue weighted by Gasteiger charge is -2.32. The van der Waals surface area contributed by atoms with Crippen molar-refractivity contribution in [2.75, 3.05) is 36.1 Å². The van der Waals surface area contributed by atoms with Crippen LogP contribution in [0.4, 0.5) is 11.4 Å². The topological polar surface area (TPSA) is 3.24 Å². The van der Waals surface area contributed by atoms with Crippen LogP contribution in [0.2, 0.25) is 0 Å². The molecule has 0 saturated carbocycles. The van der Waals surface area contributed by atoms with E-state index in [-0.39, 0.29) is 15.8 Å². The number of nitrogens with zero attached hydrogens (tertiary/aromatic N) is 1. The fourth-order valence-corrected chi connectivity index (χ4v) is 9.38. The van der Waals surface area contributed by atoms with Crippen molar-refractivity contribution in [3.8, 4) is 0 Å². The Morgan fingerprint density at radius 3 is 1.21 bits per heavy atom. The first-order valence-electron chi connectivity index (χ1n) is 11.7. The molecule has 0 aromatic heterocycles. The molecule has 0 aliphatic heterocycles. The van der Waals surface area contributed by atoms with E-state index in [9.17, 15) is 0 Å². The first kappa shape index (κ1) is 24.4. The summed E-state index contributed by atoms with van der Waals surface area (Å²) in [5.74, 6) is 0. The first-order chi connectivity index (χ1) is 14.2. The Labute approximate surface area is 182 Å². The first-order valence-corrected chi connectivity index (χ1v) is 15.1. The fourth-order valence-electron chi connectivity index (χ4n) is 4.18. The Morgan fingerprint density at radius 1 is 0.552 bits per heavy atom. The summed E-state index contributed by atoms with van der Waals surface area (Å²) in [6.45, 7) is 12.7. The van der Waals surface area contributed by atoms with Gasteiger partial charge in [-0.25, -0.2) is 0 Å². The number of hydrogen-bond acceptors (Lipinski definition) is 1. The minimum Gasteiger partial charge on any atom is -0.341 e. The van der Waals surface area contributed by atoms with Crippen LogP contribution in [0.5, 0.6) is 0 Å². The van der Waals surface area contributed by atoms with Crippen molar-refractivity contribution in [2.24, 2.45) is 0 Å². The predicted octanol–water partition coefficient (Wildman–Crippen LogP) is 7.70. The molecule has 2 aromatic rings. The van der Waals surface area contributed by atoms with Gasteiger partial charge in [-0.2, -0.15) is 0 Å². The summed E-state index contributed by atoms with van der Waals surface area (Å²) in [6.07, 6.45) is 10.5. The maximum absolute atomic E-state index is 2.62. The van der Waals surface area contributed by atoms with Gasteiger partial charge in [0.25, 0.3) is 0 Å². The average molecular weight is 430 g/mol. The van der Waals surface area contributed by atoms with Crippen LogP contribution < -0.4 is 15.5 Å². The van der Waals surface area contributed by atoms with Crippen LogP contribution in [0.1, 0.15) is 60.3 Å². The monoisotopic (exact) mass is 429 g/mol. The van der Waals surface area contributed by atoms with E-state index in [1.54, 1.807) is 10.6 Å². The molecule has 0 heterocycles. The molecular weight excluding hydrogens is 388 g/mol. The minimum absolute atomic E-state index is 0.0800. The van der Waals surface area contributed by atoms with E-state index >= 15 is 0 Å². The van der Waals surface area contributed by atoms with Crippen LogP contribution in [0.25, 0.3) is 0 Å². The molecule has 2 rings (SSSR count). The van der Waals surface area contributed by atoms with E-state index < -0.39 is 0 Å². The normalized spacial score (nSPS) is 11.4. The van der Waals surface area contributed by atoms with E-state index in [1.165, 1.54) is 61.7 Å². The lowest BCUT2D eigenvalue weighted by Crippen LogP contribution is -2.27. The standard InChI is InChI=1S/C26H41NP2/c1-6-19-28(20-7-2)25-17-13-11-15-23(25)27(10-5)24-16-12-14-18-26(24)29(21-8-3)22-9-4/h11-18H,6-10,19-22H2,1-5H3. The van der Waals surface area contributed by atoms with Crippen LogP contribution in [-0.2, 0) is 0 Å². The van der Waals surface area contributed by atoms with Crippen molar-refractivity contribution in [1.29, 1.82) is 0 Å². The van der Waals surface area contributed by atoms with E-state index in [0.29, 0.717) is 0 Å². The molecule has 160 valence electrons. The molecule has 3 heteroatoms. The number of rotatable bonds is 13. The molecule has 0 N–H and O–H groups in total. The van der Waals surface area contributed by atoms with E-state index in [0.717, 1.165) is 6.54 Å². The van der Waals surface area contributed by atoms with Gasteiger partial charge in [-0.05, 0) is 54.3 Å². The molecule has 29 heavy (non-hydrogen) atoms. The molecule has 1 nitrogen and oxygen atoms in total. The second-order valence-electron chi connectivity index (χ2n) is 7.70. The molecule has 2 aromatic carbocycles. The molecule has 0 aliphatic carbocycles. The summed E-state index contributed by atoms with van der Waals surface area (Å²) >= 11 is 0. The predicted molar refractivity (Wildman–Crippen MR) is 139 cm³/mol. The van der Waals surface area contributed by atoms with Gasteiger partial charge in [-0.15, -0.1) is 0 Å². The highest BCUT2D eigenvalue weighted by Crippen LogP contribution is 2.43. The number of hydrogen-bond donors (Lipinski definition) is 0. The summed E-state index contributed by atoms with van der Waals surface area (Å²) in [5.41, 5.74) is 2.91. The number of anilines is 2. The van der Waals surface area contributed by atoms with Gasteiger partial charge in [0.05, 0.1) is 0 Å². The molecule has 0 bridgehead atoms. The van der Waals surface area contributed by atoms with Crippen molar-refractivity contribution in [2.45, 2.75) is 60.3 Å². The zero-order valence-electron chi connectivity index (χ0n) is 19.3. The van der Waals surface area contributed by atoms with Crippen LogP contribution in [0, 0.1) is 0 Å². The molecule has 0 atom stereocenters. The highest BCUT2D eigenvalue weighted by molar-refractivity contribution is 7.66. The van der Waals surface area contributed by atoms with Crippen molar-refractivity contribution in [1.82, 2.24) is 0 Å². The SMILES string of the molecule is CCCP(CCC)c1ccccc1N(CC)c1ccccc1P(CCC)CCC. The quantitative estimate of drug-likeness (QED) is 0.295. The molecule has 0 amide bonds. The molecular formula is C26H41NP2. The van der Waals surface area contributed by atoms with Crippen molar-refractivity contribution < 1.29 is 0 Å². The number of para-hydroxylation sites is 2. The third-order valence-electron chi connectivity index (χ3n) is 5.32.